The van der Waals surface area contributed by atoms with Crippen LogP contribution in [0.15, 0.2) is 23.6 Å². The number of amides is 1. The maximum atomic E-state index is 12.2. The summed E-state index contributed by atoms with van der Waals surface area (Å²) in [6, 6.07) is 5.85. The SMILES string of the molecule is CCC1CCc2sc(C(=O)OCC(=O)NCc3cccs3)cc2C1. The fourth-order valence-corrected chi connectivity index (χ4v) is 4.65. The predicted molar refractivity (Wildman–Crippen MR) is 96.6 cm³/mol. The molecule has 0 spiro atoms. The Hall–Kier alpha value is -1.66. The molecule has 24 heavy (non-hydrogen) atoms. The van der Waals surface area contributed by atoms with E-state index in [1.807, 2.05) is 23.6 Å². The van der Waals surface area contributed by atoms with E-state index in [1.165, 1.54) is 34.6 Å². The second-order valence-corrected chi connectivity index (χ2v) is 8.18. The van der Waals surface area contributed by atoms with E-state index in [0.29, 0.717) is 11.4 Å². The first-order chi connectivity index (χ1) is 11.7. The third kappa shape index (κ3) is 4.24. The van der Waals surface area contributed by atoms with Gasteiger partial charge in [0.25, 0.3) is 5.91 Å². The Morgan fingerprint density at radius 1 is 1.42 bits per heavy atom. The average molecular weight is 364 g/mol. The molecule has 4 nitrogen and oxygen atoms in total. The van der Waals surface area contributed by atoms with E-state index in [9.17, 15) is 9.59 Å². The highest BCUT2D eigenvalue weighted by atomic mass is 32.1. The molecule has 2 heterocycles. The van der Waals surface area contributed by atoms with Crippen LogP contribution in [0.25, 0.3) is 0 Å². The van der Waals surface area contributed by atoms with Gasteiger partial charge in [-0.15, -0.1) is 22.7 Å². The summed E-state index contributed by atoms with van der Waals surface area (Å²) in [4.78, 5) is 26.9. The van der Waals surface area contributed by atoms with Crippen molar-refractivity contribution >= 4 is 34.6 Å². The molecule has 0 radical (unpaired) electrons. The Bertz CT molecular complexity index is 706. The van der Waals surface area contributed by atoms with Gasteiger partial charge < -0.3 is 10.1 Å². The summed E-state index contributed by atoms with van der Waals surface area (Å²) in [7, 11) is 0. The number of carbonyl (C=O) groups is 2. The lowest BCUT2D eigenvalue weighted by molar-refractivity contribution is -0.124. The van der Waals surface area contributed by atoms with E-state index in [2.05, 4.69) is 12.2 Å². The first-order valence-electron chi connectivity index (χ1n) is 8.23. The monoisotopic (exact) mass is 363 g/mol. The van der Waals surface area contributed by atoms with Crippen LogP contribution in [0.5, 0.6) is 0 Å². The van der Waals surface area contributed by atoms with Crippen LogP contribution in [0.3, 0.4) is 0 Å². The number of aryl methyl sites for hydroxylation is 1. The molecule has 1 aliphatic rings. The van der Waals surface area contributed by atoms with Gasteiger partial charge in [-0.25, -0.2) is 4.79 Å². The normalized spacial score (nSPS) is 16.5. The Labute approximate surface area is 149 Å². The molecule has 2 aromatic rings. The number of hydrogen-bond acceptors (Lipinski definition) is 5. The van der Waals surface area contributed by atoms with Gasteiger partial charge in [0.1, 0.15) is 4.88 Å². The van der Waals surface area contributed by atoms with Crippen molar-refractivity contribution in [2.45, 2.75) is 39.2 Å². The smallest absolute Gasteiger partial charge is 0.348 e. The van der Waals surface area contributed by atoms with E-state index in [-0.39, 0.29) is 12.5 Å². The Morgan fingerprint density at radius 3 is 3.04 bits per heavy atom. The van der Waals surface area contributed by atoms with Crippen LogP contribution >= 0.6 is 22.7 Å². The molecule has 0 aliphatic heterocycles. The maximum absolute atomic E-state index is 12.2. The molecule has 1 atom stereocenters. The minimum atomic E-state index is -0.395. The lowest BCUT2D eigenvalue weighted by atomic mass is 9.87. The van der Waals surface area contributed by atoms with Crippen LogP contribution < -0.4 is 5.32 Å². The fraction of sp³-hybridized carbons (Fsp3) is 0.444. The Balaban J connectivity index is 1.48. The summed E-state index contributed by atoms with van der Waals surface area (Å²) < 4.78 is 5.15. The second-order valence-electron chi connectivity index (χ2n) is 6.01. The molecule has 1 amide bonds. The molecule has 1 aliphatic carbocycles. The summed E-state index contributed by atoms with van der Waals surface area (Å²) in [6.45, 7) is 2.45. The minimum absolute atomic E-state index is 0.232. The van der Waals surface area contributed by atoms with Gasteiger partial charge in [-0.2, -0.15) is 0 Å². The minimum Gasteiger partial charge on any atom is -0.451 e. The zero-order valence-electron chi connectivity index (χ0n) is 13.7. The first-order valence-corrected chi connectivity index (χ1v) is 9.93. The fourth-order valence-electron chi connectivity index (χ4n) is 2.90. The average Bonchev–Trinajstić information content (AvgIpc) is 3.26. The molecule has 1 unspecified atom stereocenters. The van der Waals surface area contributed by atoms with Gasteiger partial charge in [0.05, 0.1) is 6.54 Å². The highest BCUT2D eigenvalue weighted by Crippen LogP contribution is 2.33. The van der Waals surface area contributed by atoms with Crippen LogP contribution in [0.1, 0.15) is 44.8 Å². The molecule has 0 aromatic carbocycles. The standard InChI is InChI=1S/C18H21NO3S2/c1-2-12-5-6-15-13(8-12)9-16(24-15)18(21)22-11-17(20)19-10-14-4-3-7-23-14/h3-4,7,9,12H,2,5-6,8,10-11H2,1H3,(H,19,20). The number of fused-ring (bicyclic) bond motifs is 1. The van der Waals surface area contributed by atoms with E-state index in [4.69, 9.17) is 4.74 Å². The lowest BCUT2D eigenvalue weighted by Gasteiger charge is -2.19. The van der Waals surface area contributed by atoms with Crippen molar-refractivity contribution in [3.63, 3.8) is 0 Å². The van der Waals surface area contributed by atoms with Gasteiger partial charge in [0.15, 0.2) is 6.61 Å². The summed E-state index contributed by atoms with van der Waals surface area (Å²) >= 11 is 3.10. The van der Waals surface area contributed by atoms with Crippen LogP contribution in [-0.4, -0.2) is 18.5 Å². The van der Waals surface area contributed by atoms with Gasteiger partial charge in [-0.3, -0.25) is 4.79 Å². The molecule has 0 saturated carbocycles. The van der Waals surface area contributed by atoms with Gasteiger partial charge in [-0.05, 0) is 48.3 Å². The zero-order chi connectivity index (χ0) is 16.9. The number of esters is 1. The topological polar surface area (TPSA) is 55.4 Å². The predicted octanol–water partition coefficient (Wildman–Crippen LogP) is 3.80. The van der Waals surface area contributed by atoms with E-state index in [1.54, 1.807) is 11.3 Å². The number of rotatable bonds is 6. The van der Waals surface area contributed by atoms with Crippen molar-refractivity contribution in [1.29, 1.82) is 0 Å². The largest absolute Gasteiger partial charge is 0.451 e. The molecule has 3 rings (SSSR count). The molecule has 1 N–H and O–H groups in total. The van der Waals surface area contributed by atoms with Crippen molar-refractivity contribution in [2.24, 2.45) is 5.92 Å². The van der Waals surface area contributed by atoms with Crippen molar-refractivity contribution in [3.05, 3.63) is 43.8 Å². The van der Waals surface area contributed by atoms with Crippen molar-refractivity contribution in [2.75, 3.05) is 6.61 Å². The van der Waals surface area contributed by atoms with Gasteiger partial charge in [-0.1, -0.05) is 19.4 Å². The van der Waals surface area contributed by atoms with Crippen molar-refractivity contribution < 1.29 is 14.3 Å². The van der Waals surface area contributed by atoms with Gasteiger partial charge in [0.2, 0.25) is 0 Å². The van der Waals surface area contributed by atoms with Gasteiger partial charge >= 0.3 is 5.97 Å². The zero-order valence-corrected chi connectivity index (χ0v) is 15.3. The number of ether oxygens (including phenoxy) is 1. The van der Waals surface area contributed by atoms with Crippen LogP contribution in [0.4, 0.5) is 0 Å². The maximum Gasteiger partial charge on any atom is 0.348 e. The highest BCUT2D eigenvalue weighted by Gasteiger charge is 2.22. The second kappa shape index (κ2) is 7.94. The molecule has 6 heteroatoms. The number of carbonyl (C=O) groups excluding carboxylic acids is 2. The molecule has 0 saturated heterocycles. The molecule has 0 fully saturated rings. The van der Waals surface area contributed by atoms with Gasteiger partial charge in [0, 0.05) is 9.75 Å². The van der Waals surface area contributed by atoms with Crippen molar-refractivity contribution in [1.82, 2.24) is 5.32 Å². The summed E-state index contributed by atoms with van der Waals surface area (Å²) in [5.41, 5.74) is 1.28. The Morgan fingerprint density at radius 2 is 2.29 bits per heavy atom. The molecular formula is C18H21NO3S2. The Kier molecular flexibility index (Phi) is 5.68. The lowest BCUT2D eigenvalue weighted by Crippen LogP contribution is -2.27. The molecule has 2 aromatic heterocycles. The molecule has 0 bridgehead atoms. The third-order valence-electron chi connectivity index (χ3n) is 4.34. The van der Waals surface area contributed by atoms with E-state index >= 15 is 0 Å². The summed E-state index contributed by atoms with van der Waals surface area (Å²) in [5, 5.41) is 4.71. The van der Waals surface area contributed by atoms with Crippen molar-refractivity contribution in [3.8, 4) is 0 Å². The third-order valence-corrected chi connectivity index (χ3v) is 6.43. The number of nitrogens with one attached hydrogen (secondary N) is 1. The molecular weight excluding hydrogens is 342 g/mol. The number of thiophene rings is 2. The quantitative estimate of drug-likeness (QED) is 0.794. The summed E-state index contributed by atoms with van der Waals surface area (Å²) in [6.07, 6.45) is 4.48. The van der Waals surface area contributed by atoms with E-state index < -0.39 is 5.97 Å². The van der Waals surface area contributed by atoms with Crippen LogP contribution in [0.2, 0.25) is 0 Å². The van der Waals surface area contributed by atoms with E-state index in [0.717, 1.165) is 23.6 Å². The van der Waals surface area contributed by atoms with Crippen LogP contribution in [-0.2, 0) is 28.9 Å². The summed E-state index contributed by atoms with van der Waals surface area (Å²) in [5.74, 6) is 0.0526. The highest BCUT2D eigenvalue weighted by molar-refractivity contribution is 7.14. The number of hydrogen-bond donors (Lipinski definition) is 1. The first kappa shape index (κ1) is 17.2. The van der Waals surface area contributed by atoms with Crippen LogP contribution in [0, 0.1) is 5.92 Å². The molecule has 128 valence electrons.